The zero-order chi connectivity index (χ0) is 29.7. The Bertz CT molecular complexity index is 1700. The third-order valence-corrected chi connectivity index (χ3v) is 8.18. The van der Waals surface area contributed by atoms with Gasteiger partial charge in [-0.2, -0.15) is 0 Å². The summed E-state index contributed by atoms with van der Waals surface area (Å²) in [4.78, 5) is 31.2. The number of nitrogens with zero attached hydrogens (tertiary/aromatic N) is 6. The number of fused-ring (bicyclic) bond motifs is 1. The molecule has 2 saturated heterocycles. The van der Waals surface area contributed by atoms with E-state index in [9.17, 15) is 4.79 Å². The molecule has 2 N–H and O–H groups in total. The molecule has 11 heteroatoms. The first kappa shape index (κ1) is 27.9. The number of aromatic nitrogens is 4. The largest absolute Gasteiger partial charge is 0.378 e. The average molecular weight is 591 g/mol. The number of piperidine rings is 1. The Morgan fingerprint density at radius 3 is 2.39 bits per heavy atom. The molecule has 44 heavy (non-hydrogen) atoms. The fraction of sp³-hybridized carbons (Fsp3) is 0.303. The third kappa shape index (κ3) is 6.24. The molecule has 2 aromatic carbocycles. The van der Waals surface area contributed by atoms with Crippen LogP contribution in [0.4, 0.5) is 22.0 Å². The van der Waals surface area contributed by atoms with Crippen LogP contribution in [0.3, 0.4) is 0 Å². The Kier molecular flexibility index (Phi) is 8.11. The van der Waals surface area contributed by atoms with Crippen LogP contribution < -0.4 is 15.5 Å². The van der Waals surface area contributed by atoms with E-state index in [-0.39, 0.29) is 11.9 Å². The minimum absolute atomic E-state index is 0.258. The first-order chi connectivity index (χ1) is 21.7. The summed E-state index contributed by atoms with van der Waals surface area (Å²) in [6.45, 7) is 5.63. The number of carbonyl (C=O) groups excluding carboxylic acids is 1. The molecule has 224 valence electrons. The predicted molar refractivity (Wildman–Crippen MR) is 169 cm³/mol. The highest BCUT2D eigenvalue weighted by Crippen LogP contribution is 2.36. The van der Waals surface area contributed by atoms with Crippen LogP contribution >= 0.6 is 0 Å². The van der Waals surface area contributed by atoms with Crippen molar-refractivity contribution in [2.75, 3.05) is 54.9 Å². The molecule has 5 heterocycles. The number of benzene rings is 2. The van der Waals surface area contributed by atoms with E-state index < -0.39 is 0 Å². The van der Waals surface area contributed by atoms with Crippen molar-refractivity contribution in [3.05, 3.63) is 90.4 Å². The van der Waals surface area contributed by atoms with Crippen LogP contribution in [0.5, 0.6) is 0 Å². The number of morpholine rings is 1. The van der Waals surface area contributed by atoms with Gasteiger partial charge in [-0.3, -0.25) is 9.88 Å². The molecule has 2 amide bonds. The summed E-state index contributed by atoms with van der Waals surface area (Å²) in [5.41, 5.74) is 5.75. The average Bonchev–Trinajstić information content (AvgIpc) is 3.50. The molecule has 2 fully saturated rings. The number of pyridine rings is 1. The van der Waals surface area contributed by atoms with Gasteiger partial charge in [0.05, 0.1) is 25.1 Å². The number of amides is 2. The molecule has 11 nitrogen and oxygen atoms in total. The highest BCUT2D eigenvalue weighted by atomic mass is 16.5. The SMILES string of the molecule is O=C(Nc1ccc(-c2nc(N3CCOCC3)c3onc(C4CCN(Cc5ccccc5)CC4)c3n2)cc1)Nc1cccnc1. The third-order valence-electron chi connectivity index (χ3n) is 8.18. The lowest BCUT2D eigenvalue weighted by molar-refractivity contribution is 0.122. The highest BCUT2D eigenvalue weighted by Gasteiger charge is 2.29. The summed E-state index contributed by atoms with van der Waals surface area (Å²) in [5, 5.41) is 10.2. The lowest BCUT2D eigenvalue weighted by atomic mass is 9.92. The summed E-state index contributed by atoms with van der Waals surface area (Å²) in [5.74, 6) is 1.59. The van der Waals surface area contributed by atoms with E-state index in [0.717, 1.165) is 55.1 Å². The number of ether oxygens (including phenoxy) is 1. The molecule has 2 aliphatic heterocycles. The maximum atomic E-state index is 12.5. The molecule has 5 aromatic rings. The zero-order valence-electron chi connectivity index (χ0n) is 24.4. The second-order valence-electron chi connectivity index (χ2n) is 11.1. The van der Waals surface area contributed by atoms with E-state index in [1.54, 1.807) is 24.5 Å². The van der Waals surface area contributed by atoms with Crippen molar-refractivity contribution in [1.29, 1.82) is 0 Å². The molecule has 0 aliphatic carbocycles. The topological polar surface area (TPSA) is 122 Å². The van der Waals surface area contributed by atoms with Gasteiger partial charge < -0.3 is 24.8 Å². The van der Waals surface area contributed by atoms with E-state index in [0.29, 0.717) is 49.1 Å². The Hall–Kier alpha value is -4.87. The molecule has 0 atom stereocenters. The molecule has 3 aromatic heterocycles. The van der Waals surface area contributed by atoms with Crippen LogP contribution in [-0.4, -0.2) is 70.4 Å². The van der Waals surface area contributed by atoms with Crippen LogP contribution in [0.15, 0.2) is 83.6 Å². The fourth-order valence-electron chi connectivity index (χ4n) is 5.86. The molecule has 0 bridgehead atoms. The Balaban J connectivity index is 1.13. The van der Waals surface area contributed by atoms with Crippen LogP contribution in [0.1, 0.15) is 30.0 Å². The first-order valence-corrected chi connectivity index (χ1v) is 15.0. The summed E-state index contributed by atoms with van der Waals surface area (Å²) >= 11 is 0. The van der Waals surface area contributed by atoms with Crippen molar-refractivity contribution in [3.63, 3.8) is 0 Å². The van der Waals surface area contributed by atoms with E-state index in [1.807, 2.05) is 24.3 Å². The second kappa shape index (κ2) is 12.8. The number of nitrogens with one attached hydrogen (secondary N) is 2. The molecule has 0 radical (unpaired) electrons. The van der Waals surface area contributed by atoms with Gasteiger partial charge in [0.25, 0.3) is 0 Å². The van der Waals surface area contributed by atoms with Gasteiger partial charge in [-0.15, -0.1) is 0 Å². The highest BCUT2D eigenvalue weighted by molar-refractivity contribution is 5.99. The minimum atomic E-state index is -0.345. The van der Waals surface area contributed by atoms with Gasteiger partial charge in [-0.1, -0.05) is 35.5 Å². The van der Waals surface area contributed by atoms with Crippen LogP contribution in [0.2, 0.25) is 0 Å². The number of hydrogen-bond acceptors (Lipinski definition) is 9. The normalized spacial score (nSPS) is 16.2. The molecule has 7 rings (SSSR count). The van der Waals surface area contributed by atoms with Crippen molar-refractivity contribution >= 4 is 34.3 Å². The van der Waals surface area contributed by atoms with Gasteiger partial charge in [-0.05, 0) is 67.9 Å². The summed E-state index contributed by atoms with van der Waals surface area (Å²) in [6, 6.07) is 21.3. The molecular formula is C33H34N8O3. The van der Waals surface area contributed by atoms with Gasteiger partial charge in [0.15, 0.2) is 11.6 Å². The zero-order valence-corrected chi connectivity index (χ0v) is 24.4. The lowest BCUT2D eigenvalue weighted by Gasteiger charge is -2.31. The maximum Gasteiger partial charge on any atom is 0.323 e. The molecular weight excluding hydrogens is 556 g/mol. The number of rotatable bonds is 7. The minimum Gasteiger partial charge on any atom is -0.378 e. The van der Waals surface area contributed by atoms with Crippen LogP contribution in [0, 0.1) is 0 Å². The van der Waals surface area contributed by atoms with Gasteiger partial charge in [0.2, 0.25) is 5.58 Å². The molecule has 2 aliphatic rings. The number of carbonyl (C=O) groups is 1. The van der Waals surface area contributed by atoms with Crippen LogP contribution in [-0.2, 0) is 11.3 Å². The number of anilines is 3. The smallest absolute Gasteiger partial charge is 0.323 e. The number of urea groups is 1. The van der Waals surface area contributed by atoms with Crippen molar-refractivity contribution < 1.29 is 14.1 Å². The van der Waals surface area contributed by atoms with Gasteiger partial charge >= 0.3 is 6.03 Å². The van der Waals surface area contributed by atoms with E-state index >= 15 is 0 Å². The fourth-order valence-corrected chi connectivity index (χ4v) is 5.86. The first-order valence-electron chi connectivity index (χ1n) is 15.0. The van der Waals surface area contributed by atoms with Crippen molar-refractivity contribution in [2.45, 2.75) is 25.3 Å². The van der Waals surface area contributed by atoms with Crippen LogP contribution in [0.25, 0.3) is 22.5 Å². The number of hydrogen-bond donors (Lipinski definition) is 2. The second-order valence-corrected chi connectivity index (χ2v) is 11.1. The quantitative estimate of drug-likeness (QED) is 0.252. The molecule has 0 saturated carbocycles. The summed E-state index contributed by atoms with van der Waals surface area (Å²) < 4.78 is 11.6. The van der Waals surface area contributed by atoms with Gasteiger partial charge in [0, 0.05) is 43.0 Å². The number of likely N-dealkylation sites (tertiary alicyclic amines) is 1. The monoisotopic (exact) mass is 590 g/mol. The molecule has 0 spiro atoms. The summed E-state index contributed by atoms with van der Waals surface area (Å²) in [7, 11) is 0. The standard InChI is InChI=1S/C33H34N8O3/c42-33(36-27-7-4-14-34-21-27)35-26-10-8-25(9-11-26)31-37-29-28(39-44-30(29)32(38-31)41-17-19-43-20-18-41)24-12-15-40(16-13-24)22-23-5-2-1-3-6-23/h1-11,14,21,24H,12-13,15-20,22H2,(H2,35,36,42). The Labute approximate surface area is 255 Å². The van der Waals surface area contributed by atoms with Gasteiger partial charge in [0.1, 0.15) is 11.2 Å². The lowest BCUT2D eigenvalue weighted by Crippen LogP contribution is -2.37. The Morgan fingerprint density at radius 1 is 0.864 bits per heavy atom. The predicted octanol–water partition coefficient (Wildman–Crippen LogP) is 5.54. The molecule has 0 unspecified atom stereocenters. The van der Waals surface area contributed by atoms with Crippen molar-refractivity contribution in [3.8, 4) is 11.4 Å². The van der Waals surface area contributed by atoms with Gasteiger partial charge in [-0.25, -0.2) is 14.8 Å². The maximum absolute atomic E-state index is 12.5. The van der Waals surface area contributed by atoms with Crippen molar-refractivity contribution in [2.24, 2.45) is 0 Å². The van der Waals surface area contributed by atoms with E-state index in [1.165, 1.54) is 5.56 Å². The Morgan fingerprint density at radius 2 is 1.64 bits per heavy atom. The van der Waals surface area contributed by atoms with E-state index in [2.05, 4.69) is 60.9 Å². The van der Waals surface area contributed by atoms with E-state index in [4.69, 9.17) is 19.2 Å². The van der Waals surface area contributed by atoms with Crippen molar-refractivity contribution in [1.82, 2.24) is 25.0 Å². The summed E-state index contributed by atoms with van der Waals surface area (Å²) in [6.07, 6.45) is 5.23.